The summed E-state index contributed by atoms with van der Waals surface area (Å²) in [5.74, 6) is -1.30. The maximum Gasteiger partial charge on any atom is 0.306 e. The van der Waals surface area contributed by atoms with Crippen molar-refractivity contribution < 1.29 is 24.2 Å². The molecule has 1 heterocycles. The standard InChI is InChI=1S/C11H17NO5/c13-10(9-6-16-3-4-17-9)12-8-2-1-7(5-8)11(14)15/h7-9H,1-6H2,(H,12,13)(H,14,15)/t7-,8+,9?/m0/s1. The molecule has 96 valence electrons. The Balaban J connectivity index is 1.77. The van der Waals surface area contributed by atoms with Crippen LogP contribution in [0, 0.1) is 5.92 Å². The second-order valence-electron chi connectivity index (χ2n) is 4.49. The zero-order valence-electron chi connectivity index (χ0n) is 9.55. The lowest BCUT2D eigenvalue weighted by Crippen LogP contribution is -2.46. The van der Waals surface area contributed by atoms with Crippen LogP contribution in [0.1, 0.15) is 19.3 Å². The van der Waals surface area contributed by atoms with E-state index in [1.54, 1.807) is 0 Å². The Morgan fingerprint density at radius 1 is 1.24 bits per heavy atom. The number of hydrogen-bond donors (Lipinski definition) is 2. The molecular formula is C11H17NO5. The molecule has 0 bridgehead atoms. The first kappa shape index (κ1) is 12.3. The number of amides is 1. The van der Waals surface area contributed by atoms with Gasteiger partial charge in [-0.15, -0.1) is 0 Å². The molecule has 0 aromatic carbocycles. The molecule has 2 N–H and O–H groups in total. The second kappa shape index (κ2) is 5.46. The van der Waals surface area contributed by atoms with E-state index in [1.165, 1.54) is 0 Å². The minimum Gasteiger partial charge on any atom is -0.481 e. The van der Waals surface area contributed by atoms with Crippen LogP contribution in [0.3, 0.4) is 0 Å². The van der Waals surface area contributed by atoms with E-state index in [1.807, 2.05) is 0 Å². The smallest absolute Gasteiger partial charge is 0.306 e. The van der Waals surface area contributed by atoms with Gasteiger partial charge in [0.15, 0.2) is 6.10 Å². The summed E-state index contributed by atoms with van der Waals surface area (Å²) < 4.78 is 10.4. The first-order chi connectivity index (χ1) is 8.16. The Kier molecular flexibility index (Phi) is 3.96. The topological polar surface area (TPSA) is 84.9 Å². The van der Waals surface area contributed by atoms with E-state index in [2.05, 4.69) is 5.32 Å². The minimum absolute atomic E-state index is 0.0471. The first-order valence-corrected chi connectivity index (χ1v) is 5.89. The lowest BCUT2D eigenvalue weighted by molar-refractivity contribution is -0.148. The zero-order valence-corrected chi connectivity index (χ0v) is 9.55. The van der Waals surface area contributed by atoms with Gasteiger partial charge in [-0.3, -0.25) is 9.59 Å². The van der Waals surface area contributed by atoms with Gasteiger partial charge in [0.2, 0.25) is 0 Å². The number of nitrogens with one attached hydrogen (secondary N) is 1. The van der Waals surface area contributed by atoms with E-state index < -0.39 is 12.1 Å². The molecule has 0 aromatic heterocycles. The van der Waals surface area contributed by atoms with E-state index in [0.29, 0.717) is 26.1 Å². The van der Waals surface area contributed by atoms with Crippen LogP contribution in [0.15, 0.2) is 0 Å². The van der Waals surface area contributed by atoms with Crippen LogP contribution in [-0.2, 0) is 19.1 Å². The number of rotatable bonds is 3. The summed E-state index contributed by atoms with van der Waals surface area (Å²) >= 11 is 0. The fourth-order valence-electron chi connectivity index (χ4n) is 2.27. The van der Waals surface area contributed by atoms with E-state index in [0.717, 1.165) is 6.42 Å². The summed E-state index contributed by atoms with van der Waals surface area (Å²) in [7, 11) is 0. The van der Waals surface area contributed by atoms with Crippen LogP contribution in [0.25, 0.3) is 0 Å². The number of carboxylic acids is 1. The Bertz CT molecular complexity index is 300. The highest BCUT2D eigenvalue weighted by molar-refractivity contribution is 5.81. The van der Waals surface area contributed by atoms with Crippen LogP contribution in [0.2, 0.25) is 0 Å². The summed E-state index contributed by atoms with van der Waals surface area (Å²) in [5.41, 5.74) is 0. The van der Waals surface area contributed by atoms with E-state index in [9.17, 15) is 9.59 Å². The van der Waals surface area contributed by atoms with Crippen molar-refractivity contribution in [3.8, 4) is 0 Å². The van der Waals surface area contributed by atoms with Gasteiger partial charge < -0.3 is 19.9 Å². The van der Waals surface area contributed by atoms with Crippen molar-refractivity contribution in [2.24, 2.45) is 5.92 Å². The molecule has 3 atom stereocenters. The van der Waals surface area contributed by atoms with Gasteiger partial charge in [0.1, 0.15) is 0 Å². The summed E-state index contributed by atoms with van der Waals surface area (Å²) in [6.45, 7) is 1.23. The third-order valence-corrected chi connectivity index (χ3v) is 3.24. The van der Waals surface area contributed by atoms with Crippen LogP contribution < -0.4 is 5.32 Å². The average molecular weight is 243 g/mol. The molecule has 1 aliphatic carbocycles. The van der Waals surface area contributed by atoms with E-state index in [4.69, 9.17) is 14.6 Å². The van der Waals surface area contributed by atoms with Crippen molar-refractivity contribution in [2.45, 2.75) is 31.4 Å². The summed E-state index contributed by atoms with van der Waals surface area (Å²) in [5, 5.41) is 11.7. The van der Waals surface area contributed by atoms with Gasteiger partial charge in [-0.1, -0.05) is 0 Å². The maximum absolute atomic E-state index is 11.8. The second-order valence-corrected chi connectivity index (χ2v) is 4.49. The Labute approximate surface area is 99.3 Å². The van der Waals surface area contributed by atoms with Gasteiger partial charge in [0.25, 0.3) is 5.91 Å². The van der Waals surface area contributed by atoms with Crippen molar-refractivity contribution >= 4 is 11.9 Å². The summed E-state index contributed by atoms with van der Waals surface area (Å²) in [6.07, 6.45) is 1.31. The lowest BCUT2D eigenvalue weighted by atomic mass is 10.1. The molecule has 0 radical (unpaired) electrons. The van der Waals surface area contributed by atoms with Gasteiger partial charge in [-0.25, -0.2) is 0 Å². The molecule has 6 heteroatoms. The Hall–Kier alpha value is -1.14. The quantitative estimate of drug-likeness (QED) is 0.715. The number of carbonyl (C=O) groups excluding carboxylic acids is 1. The summed E-state index contributed by atoms with van der Waals surface area (Å²) in [6, 6.07) is -0.0471. The average Bonchev–Trinajstić information content (AvgIpc) is 2.79. The third kappa shape index (κ3) is 3.17. The normalized spacial score (nSPS) is 33.3. The van der Waals surface area contributed by atoms with Crippen molar-refractivity contribution in [3.63, 3.8) is 0 Å². The lowest BCUT2D eigenvalue weighted by Gasteiger charge is -2.23. The first-order valence-electron chi connectivity index (χ1n) is 5.89. The SMILES string of the molecule is O=C(N[C@@H]1CC[C@H](C(=O)O)C1)C1COCCO1. The Morgan fingerprint density at radius 3 is 2.65 bits per heavy atom. The van der Waals surface area contributed by atoms with Crippen LogP contribution in [0.4, 0.5) is 0 Å². The maximum atomic E-state index is 11.8. The molecule has 1 saturated carbocycles. The van der Waals surface area contributed by atoms with E-state index in [-0.39, 0.29) is 24.5 Å². The predicted octanol–water partition coefficient (Wildman–Crippen LogP) is -0.229. The van der Waals surface area contributed by atoms with Crippen molar-refractivity contribution in [2.75, 3.05) is 19.8 Å². The highest BCUT2D eigenvalue weighted by Crippen LogP contribution is 2.25. The van der Waals surface area contributed by atoms with Gasteiger partial charge in [-0.05, 0) is 19.3 Å². The molecule has 2 rings (SSSR count). The van der Waals surface area contributed by atoms with Crippen LogP contribution in [-0.4, -0.2) is 48.9 Å². The monoisotopic (exact) mass is 243 g/mol. The third-order valence-electron chi connectivity index (χ3n) is 3.24. The van der Waals surface area contributed by atoms with E-state index >= 15 is 0 Å². The van der Waals surface area contributed by atoms with Gasteiger partial charge >= 0.3 is 5.97 Å². The number of hydrogen-bond acceptors (Lipinski definition) is 4. The number of aliphatic carboxylic acids is 1. The molecule has 2 aliphatic rings. The molecule has 1 amide bonds. The molecule has 0 spiro atoms. The van der Waals surface area contributed by atoms with Crippen molar-refractivity contribution in [3.05, 3.63) is 0 Å². The highest BCUT2D eigenvalue weighted by atomic mass is 16.6. The molecule has 6 nitrogen and oxygen atoms in total. The number of carboxylic acid groups (broad SMARTS) is 1. The van der Waals surface area contributed by atoms with Crippen LogP contribution >= 0.6 is 0 Å². The van der Waals surface area contributed by atoms with Gasteiger partial charge in [0, 0.05) is 6.04 Å². The van der Waals surface area contributed by atoms with Gasteiger partial charge in [0.05, 0.1) is 25.7 Å². The molecular weight excluding hydrogens is 226 g/mol. The van der Waals surface area contributed by atoms with Crippen LogP contribution in [0.5, 0.6) is 0 Å². The van der Waals surface area contributed by atoms with Crippen molar-refractivity contribution in [1.82, 2.24) is 5.32 Å². The summed E-state index contributed by atoms with van der Waals surface area (Å²) in [4.78, 5) is 22.5. The number of carbonyl (C=O) groups is 2. The van der Waals surface area contributed by atoms with Crippen molar-refractivity contribution in [1.29, 1.82) is 0 Å². The molecule has 2 fully saturated rings. The molecule has 17 heavy (non-hydrogen) atoms. The fourth-order valence-corrected chi connectivity index (χ4v) is 2.27. The molecule has 0 aromatic rings. The van der Waals surface area contributed by atoms with Gasteiger partial charge in [-0.2, -0.15) is 0 Å². The Morgan fingerprint density at radius 2 is 2.06 bits per heavy atom. The zero-order chi connectivity index (χ0) is 12.3. The molecule has 1 aliphatic heterocycles. The highest BCUT2D eigenvalue weighted by Gasteiger charge is 2.32. The largest absolute Gasteiger partial charge is 0.481 e. The minimum atomic E-state index is -0.779. The fraction of sp³-hybridized carbons (Fsp3) is 0.818. The predicted molar refractivity (Wildman–Crippen MR) is 57.5 cm³/mol. The molecule has 1 unspecified atom stereocenters. The number of ether oxygens (including phenoxy) is 2. The molecule has 1 saturated heterocycles.